The molecule has 16 heavy (non-hydrogen) atoms. The van der Waals surface area contributed by atoms with Gasteiger partial charge in [-0.3, -0.25) is 5.10 Å². The third-order valence-corrected chi connectivity index (χ3v) is 2.40. The number of aromatic nitrogens is 3. The van der Waals surface area contributed by atoms with Gasteiger partial charge in [0.1, 0.15) is 5.82 Å². The Kier molecular flexibility index (Phi) is 3.10. The van der Waals surface area contributed by atoms with Gasteiger partial charge in [0, 0.05) is 29.6 Å². The summed E-state index contributed by atoms with van der Waals surface area (Å²) < 4.78 is 0. The van der Waals surface area contributed by atoms with Crippen molar-refractivity contribution in [2.45, 2.75) is 19.9 Å². The summed E-state index contributed by atoms with van der Waals surface area (Å²) in [6.07, 6.45) is 5.19. The molecule has 0 aliphatic carbocycles. The molecule has 0 saturated heterocycles. The Labute approximate surface area is 99.1 Å². The van der Waals surface area contributed by atoms with Crippen LogP contribution in [0, 0.1) is 0 Å². The van der Waals surface area contributed by atoms with Gasteiger partial charge in [-0.15, -0.1) is 0 Å². The van der Waals surface area contributed by atoms with E-state index in [0.717, 1.165) is 16.9 Å². The van der Waals surface area contributed by atoms with E-state index in [2.05, 4.69) is 34.3 Å². The van der Waals surface area contributed by atoms with Crippen LogP contribution in [0.3, 0.4) is 0 Å². The monoisotopic (exact) mass is 236 g/mol. The van der Waals surface area contributed by atoms with Gasteiger partial charge in [0.05, 0.1) is 11.2 Å². The summed E-state index contributed by atoms with van der Waals surface area (Å²) in [5.41, 5.74) is 1.88. The van der Waals surface area contributed by atoms with E-state index in [-0.39, 0.29) is 0 Å². The minimum absolute atomic E-state index is 0.339. The zero-order valence-electron chi connectivity index (χ0n) is 9.16. The summed E-state index contributed by atoms with van der Waals surface area (Å²) in [5.74, 6) is 0.815. The second-order valence-electron chi connectivity index (χ2n) is 3.84. The van der Waals surface area contributed by atoms with Crippen molar-refractivity contribution >= 4 is 17.4 Å². The molecule has 4 nitrogen and oxygen atoms in total. The zero-order chi connectivity index (χ0) is 11.5. The SMILES string of the molecule is CC(C)Nc1cc(-c2cn[nH]c2)c(Cl)cn1. The second-order valence-corrected chi connectivity index (χ2v) is 4.24. The standard InChI is InChI=1S/C11H13ClN4/c1-7(2)16-11-3-9(10(12)6-13-11)8-4-14-15-5-8/h3-7H,1-2H3,(H,13,16)(H,14,15). The first-order valence-electron chi connectivity index (χ1n) is 5.08. The molecule has 0 amide bonds. The Morgan fingerprint density at radius 3 is 2.81 bits per heavy atom. The highest BCUT2D eigenvalue weighted by molar-refractivity contribution is 6.33. The third kappa shape index (κ3) is 2.33. The van der Waals surface area contributed by atoms with Gasteiger partial charge in [0.25, 0.3) is 0 Å². The molecule has 0 saturated carbocycles. The second kappa shape index (κ2) is 4.53. The quantitative estimate of drug-likeness (QED) is 0.862. The Hall–Kier alpha value is -1.55. The molecule has 84 valence electrons. The van der Waals surface area contributed by atoms with Gasteiger partial charge >= 0.3 is 0 Å². The minimum Gasteiger partial charge on any atom is -0.368 e. The molecular formula is C11H13ClN4. The maximum atomic E-state index is 6.09. The number of H-pyrrole nitrogens is 1. The molecule has 2 aromatic heterocycles. The lowest BCUT2D eigenvalue weighted by atomic mass is 10.1. The number of pyridine rings is 1. The van der Waals surface area contributed by atoms with Gasteiger partial charge in [-0.05, 0) is 19.9 Å². The average Bonchev–Trinajstić information content (AvgIpc) is 2.73. The summed E-state index contributed by atoms with van der Waals surface area (Å²) in [5, 5.41) is 10.5. The smallest absolute Gasteiger partial charge is 0.126 e. The number of anilines is 1. The lowest BCUT2D eigenvalue weighted by Gasteiger charge is -2.10. The number of hydrogen-bond acceptors (Lipinski definition) is 3. The number of nitrogens with one attached hydrogen (secondary N) is 2. The van der Waals surface area contributed by atoms with Gasteiger partial charge in [0.2, 0.25) is 0 Å². The highest BCUT2D eigenvalue weighted by Crippen LogP contribution is 2.28. The largest absolute Gasteiger partial charge is 0.368 e. The average molecular weight is 237 g/mol. The first-order valence-corrected chi connectivity index (χ1v) is 5.46. The highest BCUT2D eigenvalue weighted by atomic mass is 35.5. The van der Waals surface area contributed by atoms with Crippen molar-refractivity contribution in [3.8, 4) is 11.1 Å². The van der Waals surface area contributed by atoms with Gasteiger partial charge < -0.3 is 5.32 Å². The van der Waals surface area contributed by atoms with Crippen molar-refractivity contribution < 1.29 is 0 Å². The minimum atomic E-state index is 0.339. The first-order chi connectivity index (χ1) is 7.66. The third-order valence-electron chi connectivity index (χ3n) is 2.10. The van der Waals surface area contributed by atoms with Gasteiger partial charge in [-0.2, -0.15) is 5.10 Å². The summed E-state index contributed by atoms with van der Waals surface area (Å²) in [7, 11) is 0. The predicted octanol–water partition coefficient (Wildman–Crippen LogP) is 2.95. The summed E-state index contributed by atoms with van der Waals surface area (Å²) in [6, 6.07) is 2.26. The van der Waals surface area contributed by atoms with Gasteiger partial charge in [-0.1, -0.05) is 11.6 Å². The molecule has 2 N–H and O–H groups in total. The Balaban J connectivity index is 2.37. The van der Waals surface area contributed by atoms with Crippen molar-refractivity contribution in [1.29, 1.82) is 0 Å². The molecule has 0 bridgehead atoms. The fourth-order valence-electron chi connectivity index (χ4n) is 1.43. The first kappa shape index (κ1) is 11.0. The fourth-order valence-corrected chi connectivity index (χ4v) is 1.65. The maximum absolute atomic E-state index is 6.09. The summed E-state index contributed by atoms with van der Waals surface area (Å²) >= 11 is 6.09. The van der Waals surface area contributed by atoms with Crippen LogP contribution in [0.5, 0.6) is 0 Å². The van der Waals surface area contributed by atoms with Crippen molar-refractivity contribution in [3.63, 3.8) is 0 Å². The molecule has 0 aliphatic rings. The van der Waals surface area contributed by atoms with E-state index in [1.54, 1.807) is 18.6 Å². The Morgan fingerprint density at radius 2 is 2.19 bits per heavy atom. The highest BCUT2D eigenvalue weighted by Gasteiger charge is 2.07. The predicted molar refractivity (Wildman–Crippen MR) is 65.6 cm³/mol. The molecule has 0 unspecified atom stereocenters. The van der Waals surface area contributed by atoms with E-state index in [1.807, 2.05) is 6.07 Å². The van der Waals surface area contributed by atoms with E-state index >= 15 is 0 Å². The lowest BCUT2D eigenvalue weighted by molar-refractivity contribution is 0.889. The molecule has 2 heterocycles. The van der Waals surface area contributed by atoms with E-state index in [9.17, 15) is 0 Å². The van der Waals surface area contributed by atoms with Crippen LogP contribution >= 0.6 is 11.6 Å². The zero-order valence-corrected chi connectivity index (χ0v) is 9.92. The van der Waals surface area contributed by atoms with E-state index in [4.69, 9.17) is 11.6 Å². The maximum Gasteiger partial charge on any atom is 0.126 e. The number of nitrogens with zero attached hydrogens (tertiary/aromatic N) is 2. The van der Waals surface area contributed by atoms with Crippen LogP contribution in [-0.4, -0.2) is 21.2 Å². The van der Waals surface area contributed by atoms with Crippen molar-refractivity contribution in [2.75, 3.05) is 5.32 Å². The molecule has 0 aliphatic heterocycles. The van der Waals surface area contributed by atoms with E-state index < -0.39 is 0 Å². The van der Waals surface area contributed by atoms with Crippen molar-refractivity contribution in [2.24, 2.45) is 0 Å². The lowest BCUT2D eigenvalue weighted by Crippen LogP contribution is -2.10. The molecule has 0 spiro atoms. The molecule has 0 atom stereocenters. The number of halogens is 1. The molecule has 2 aromatic rings. The molecule has 0 fully saturated rings. The Morgan fingerprint density at radius 1 is 1.38 bits per heavy atom. The van der Waals surface area contributed by atoms with Gasteiger partial charge in [-0.25, -0.2) is 4.98 Å². The van der Waals surface area contributed by atoms with Crippen molar-refractivity contribution in [1.82, 2.24) is 15.2 Å². The van der Waals surface area contributed by atoms with Crippen LogP contribution in [0.2, 0.25) is 5.02 Å². The Bertz CT molecular complexity index is 465. The van der Waals surface area contributed by atoms with E-state index in [1.165, 1.54) is 0 Å². The fraction of sp³-hybridized carbons (Fsp3) is 0.273. The van der Waals surface area contributed by atoms with Crippen LogP contribution in [0.1, 0.15) is 13.8 Å². The summed E-state index contributed by atoms with van der Waals surface area (Å²) in [4.78, 5) is 4.22. The van der Waals surface area contributed by atoms with Gasteiger partial charge in [0.15, 0.2) is 0 Å². The van der Waals surface area contributed by atoms with Crippen molar-refractivity contribution in [3.05, 3.63) is 29.7 Å². The number of rotatable bonds is 3. The molecule has 5 heteroatoms. The van der Waals surface area contributed by atoms with Crippen LogP contribution in [0.4, 0.5) is 5.82 Å². The molecule has 0 aromatic carbocycles. The molecule has 2 rings (SSSR count). The van der Waals surface area contributed by atoms with Crippen LogP contribution < -0.4 is 5.32 Å². The molecular weight excluding hydrogens is 224 g/mol. The summed E-state index contributed by atoms with van der Waals surface area (Å²) in [6.45, 7) is 4.13. The van der Waals surface area contributed by atoms with Crippen LogP contribution in [0.25, 0.3) is 11.1 Å². The normalized spacial score (nSPS) is 10.8. The van der Waals surface area contributed by atoms with Crippen LogP contribution in [-0.2, 0) is 0 Å². The van der Waals surface area contributed by atoms with E-state index in [0.29, 0.717) is 11.1 Å². The number of hydrogen-bond donors (Lipinski definition) is 2. The molecule has 0 radical (unpaired) electrons. The van der Waals surface area contributed by atoms with Crippen LogP contribution in [0.15, 0.2) is 24.7 Å². The number of aromatic amines is 1. The topological polar surface area (TPSA) is 53.6 Å².